The molecule has 7 aromatic carbocycles. The minimum absolute atomic E-state index is 0.00269. The molecule has 9 aromatic rings. The molecule has 0 bridgehead atoms. The highest BCUT2D eigenvalue weighted by atomic mass is 16.5. The van der Waals surface area contributed by atoms with Gasteiger partial charge in [0.25, 0.3) is 0 Å². The number of nitrogens with zero attached hydrogens (tertiary/aromatic N) is 5. The highest BCUT2D eigenvalue weighted by molar-refractivity contribution is 6.11. The first kappa shape index (κ1) is 47.1. The quantitative estimate of drug-likeness (QED) is 0.159. The largest absolute Gasteiger partial charge is 0.457 e. The zero-order chi connectivity index (χ0) is 50.2. The molecule has 0 radical (unpaired) electrons. The standard InChI is InChI=1S/C65H65N5O/c1-62(2,3)46-25-27-53(56(37-46)65(10,11)12)45-30-31-67-61(33-45)70-57-29-24-44(43-22-20-42(40-66)21-23-43)32-55(57)54-28-26-52(39-60(54)70)71-51-17-15-16-49(38-51)68-41-69(59-19-14-13-18-58(59)68)50-35-47(63(4,5)6)34-48(36-50)64(7,8)9/h13-39H,41H2,1-12H3. The van der Waals surface area contributed by atoms with Gasteiger partial charge in [0, 0.05) is 40.5 Å². The van der Waals surface area contributed by atoms with Gasteiger partial charge in [-0.15, -0.1) is 0 Å². The van der Waals surface area contributed by atoms with E-state index in [9.17, 15) is 5.26 Å². The molecule has 0 spiro atoms. The third-order valence-corrected chi connectivity index (χ3v) is 14.1. The summed E-state index contributed by atoms with van der Waals surface area (Å²) in [5.41, 5.74) is 17.0. The summed E-state index contributed by atoms with van der Waals surface area (Å²) in [6, 6.07) is 58.7. The molecule has 2 aromatic heterocycles. The monoisotopic (exact) mass is 932 g/mol. The molecule has 0 fully saturated rings. The molecule has 0 atom stereocenters. The van der Waals surface area contributed by atoms with Gasteiger partial charge in [-0.25, -0.2) is 4.98 Å². The molecular weight excluding hydrogens is 867 g/mol. The van der Waals surface area contributed by atoms with E-state index in [0.29, 0.717) is 12.2 Å². The van der Waals surface area contributed by atoms with Gasteiger partial charge < -0.3 is 14.5 Å². The smallest absolute Gasteiger partial charge is 0.138 e. The Hall–Kier alpha value is -7.62. The van der Waals surface area contributed by atoms with E-state index >= 15 is 0 Å². The molecule has 356 valence electrons. The summed E-state index contributed by atoms with van der Waals surface area (Å²) in [7, 11) is 0. The van der Waals surface area contributed by atoms with Crippen LogP contribution in [0, 0.1) is 11.3 Å². The molecule has 10 rings (SSSR count). The number of hydrogen-bond acceptors (Lipinski definition) is 5. The minimum Gasteiger partial charge on any atom is -0.457 e. The number of rotatable bonds is 7. The van der Waals surface area contributed by atoms with Gasteiger partial charge in [-0.05, 0) is 151 Å². The summed E-state index contributed by atoms with van der Waals surface area (Å²) in [4.78, 5) is 9.92. The number of fused-ring (bicyclic) bond motifs is 4. The Labute approximate surface area is 420 Å². The fourth-order valence-corrected chi connectivity index (χ4v) is 9.96. The number of aromatic nitrogens is 2. The van der Waals surface area contributed by atoms with Crippen LogP contribution in [0.3, 0.4) is 0 Å². The van der Waals surface area contributed by atoms with Crippen molar-refractivity contribution in [3.05, 3.63) is 192 Å². The molecular formula is C65H65N5O. The third kappa shape index (κ3) is 9.07. The minimum atomic E-state index is -0.0794. The Bertz CT molecular complexity index is 3510. The lowest BCUT2D eigenvalue weighted by Crippen LogP contribution is -2.25. The van der Waals surface area contributed by atoms with Gasteiger partial charge in [0.15, 0.2) is 0 Å². The van der Waals surface area contributed by atoms with E-state index in [0.717, 1.165) is 67.2 Å². The van der Waals surface area contributed by atoms with E-state index in [4.69, 9.17) is 9.72 Å². The van der Waals surface area contributed by atoms with E-state index in [1.807, 2.05) is 36.5 Å². The van der Waals surface area contributed by atoms with Crippen molar-refractivity contribution in [3.63, 3.8) is 0 Å². The van der Waals surface area contributed by atoms with E-state index in [1.165, 1.54) is 39.2 Å². The summed E-state index contributed by atoms with van der Waals surface area (Å²) in [6.45, 7) is 28.2. The van der Waals surface area contributed by atoms with Crippen LogP contribution in [-0.4, -0.2) is 16.2 Å². The Balaban J connectivity index is 1.05. The predicted octanol–water partition coefficient (Wildman–Crippen LogP) is 17.6. The van der Waals surface area contributed by atoms with Crippen LogP contribution < -0.4 is 14.5 Å². The second-order valence-corrected chi connectivity index (χ2v) is 23.5. The first-order valence-corrected chi connectivity index (χ1v) is 24.9. The Kier molecular flexibility index (Phi) is 11.5. The Morgan fingerprint density at radius 3 is 1.77 bits per heavy atom. The van der Waals surface area contributed by atoms with Gasteiger partial charge in [0.05, 0.1) is 34.0 Å². The van der Waals surface area contributed by atoms with E-state index in [-0.39, 0.29) is 21.7 Å². The topological polar surface area (TPSA) is 57.3 Å². The summed E-state index contributed by atoms with van der Waals surface area (Å²) >= 11 is 0. The van der Waals surface area contributed by atoms with Crippen molar-refractivity contribution in [2.75, 3.05) is 16.5 Å². The SMILES string of the molecule is CC(C)(C)c1cc(N2CN(c3cccc(Oc4ccc5c6cc(-c7ccc(C#N)cc7)ccc6n(-c6cc(-c7ccc(C(C)(C)C)cc7C(C)(C)C)ccn6)c5c4)c3)c3ccccc32)cc(C(C)(C)C)c1. The molecule has 0 saturated heterocycles. The number of para-hydroxylation sites is 2. The molecule has 0 aliphatic carbocycles. The van der Waals surface area contributed by atoms with Crippen molar-refractivity contribution in [2.45, 2.75) is 105 Å². The highest BCUT2D eigenvalue weighted by Gasteiger charge is 2.31. The lowest BCUT2D eigenvalue weighted by atomic mass is 9.77. The third-order valence-electron chi connectivity index (χ3n) is 14.1. The maximum Gasteiger partial charge on any atom is 0.138 e. The van der Waals surface area contributed by atoms with Crippen molar-refractivity contribution >= 4 is 44.6 Å². The summed E-state index contributed by atoms with van der Waals surface area (Å²) in [6.07, 6.45) is 1.94. The molecule has 0 N–H and O–H groups in total. The van der Waals surface area contributed by atoms with Crippen LogP contribution in [0.4, 0.5) is 22.7 Å². The fraction of sp³-hybridized carbons (Fsp3) is 0.262. The average Bonchev–Trinajstić information content (AvgIpc) is 3.88. The summed E-state index contributed by atoms with van der Waals surface area (Å²) in [5, 5.41) is 11.7. The van der Waals surface area contributed by atoms with E-state index in [2.05, 4.69) is 231 Å². The van der Waals surface area contributed by atoms with Crippen LogP contribution in [0.15, 0.2) is 164 Å². The molecule has 6 heteroatoms. The van der Waals surface area contributed by atoms with Crippen LogP contribution in [0.25, 0.3) is 49.9 Å². The predicted molar refractivity (Wildman–Crippen MR) is 298 cm³/mol. The van der Waals surface area contributed by atoms with Crippen LogP contribution in [0.5, 0.6) is 11.5 Å². The van der Waals surface area contributed by atoms with Crippen molar-refractivity contribution in [1.82, 2.24) is 9.55 Å². The van der Waals surface area contributed by atoms with Gasteiger partial charge in [-0.3, -0.25) is 4.57 Å². The first-order chi connectivity index (χ1) is 33.6. The number of ether oxygens (including phenoxy) is 1. The van der Waals surface area contributed by atoms with Gasteiger partial charge in [0.1, 0.15) is 24.0 Å². The summed E-state index contributed by atoms with van der Waals surface area (Å²) in [5.74, 6) is 2.31. The molecule has 0 unspecified atom stereocenters. The molecule has 0 saturated carbocycles. The molecule has 3 heterocycles. The number of nitriles is 1. The molecule has 1 aliphatic heterocycles. The number of pyridine rings is 1. The van der Waals surface area contributed by atoms with E-state index < -0.39 is 0 Å². The van der Waals surface area contributed by atoms with Crippen molar-refractivity contribution in [2.24, 2.45) is 0 Å². The molecule has 0 amide bonds. The fourth-order valence-electron chi connectivity index (χ4n) is 9.96. The zero-order valence-corrected chi connectivity index (χ0v) is 43.4. The lowest BCUT2D eigenvalue weighted by molar-refractivity contribution is 0.483. The van der Waals surface area contributed by atoms with Crippen LogP contribution in [0.2, 0.25) is 0 Å². The van der Waals surface area contributed by atoms with Gasteiger partial charge >= 0.3 is 0 Å². The Morgan fingerprint density at radius 2 is 1.13 bits per heavy atom. The van der Waals surface area contributed by atoms with Crippen molar-refractivity contribution in [3.8, 4) is 45.6 Å². The highest BCUT2D eigenvalue weighted by Crippen LogP contribution is 2.47. The molecule has 6 nitrogen and oxygen atoms in total. The van der Waals surface area contributed by atoms with E-state index in [1.54, 1.807) is 0 Å². The first-order valence-electron chi connectivity index (χ1n) is 24.9. The van der Waals surface area contributed by atoms with Gasteiger partial charge in [-0.2, -0.15) is 5.26 Å². The summed E-state index contributed by atoms with van der Waals surface area (Å²) < 4.78 is 9.15. The van der Waals surface area contributed by atoms with Crippen molar-refractivity contribution < 1.29 is 4.74 Å². The second kappa shape index (κ2) is 17.4. The maximum atomic E-state index is 9.51. The number of hydrogen-bond donors (Lipinski definition) is 0. The van der Waals surface area contributed by atoms with Crippen LogP contribution >= 0.6 is 0 Å². The second-order valence-electron chi connectivity index (χ2n) is 23.5. The Morgan fingerprint density at radius 1 is 0.479 bits per heavy atom. The maximum absolute atomic E-state index is 9.51. The zero-order valence-electron chi connectivity index (χ0n) is 43.4. The average molecular weight is 932 g/mol. The van der Waals surface area contributed by atoms with Crippen LogP contribution in [0.1, 0.15) is 111 Å². The van der Waals surface area contributed by atoms with Gasteiger partial charge in [-0.1, -0.05) is 144 Å². The normalized spacial score (nSPS) is 13.2. The lowest BCUT2D eigenvalue weighted by Gasteiger charge is -2.29. The molecule has 1 aliphatic rings. The van der Waals surface area contributed by atoms with Crippen LogP contribution in [-0.2, 0) is 21.7 Å². The van der Waals surface area contributed by atoms with Gasteiger partial charge in [0.2, 0.25) is 0 Å². The number of benzene rings is 7. The molecule has 71 heavy (non-hydrogen) atoms. The van der Waals surface area contributed by atoms with Crippen molar-refractivity contribution in [1.29, 1.82) is 5.26 Å². The number of anilines is 4.